The molecule has 0 aliphatic rings. The van der Waals surface area contributed by atoms with Crippen molar-refractivity contribution >= 4 is 29.3 Å². The van der Waals surface area contributed by atoms with Gasteiger partial charge in [0.1, 0.15) is 11.7 Å². The van der Waals surface area contributed by atoms with Crippen LogP contribution in [0.1, 0.15) is 29.5 Å². The van der Waals surface area contributed by atoms with E-state index in [2.05, 4.69) is 0 Å². The number of benzene rings is 2. The Balaban J connectivity index is 2.24. The summed E-state index contributed by atoms with van der Waals surface area (Å²) in [6.45, 7) is 1.30. The zero-order valence-electron chi connectivity index (χ0n) is 13.6. The molecule has 2 rings (SSSR count). The summed E-state index contributed by atoms with van der Waals surface area (Å²) in [5.74, 6) is -2.08. The number of carbonyl (C=O) groups is 3. The number of alkyl halides is 1. The molecule has 0 heterocycles. The standard InChI is InChI=1S/C19H17ClO5/c1-12(21)25-17-8-6-15(7-9-17)18(19(23)24)14-4-2-13(3-5-14)10-16(22)11-20/h2-9,18H,10-11H2,1H3,(H,23,24). The SMILES string of the molecule is CC(=O)Oc1ccc(C(C(=O)O)c2ccc(CC(=O)CCl)cc2)cc1. The lowest BCUT2D eigenvalue weighted by Gasteiger charge is -2.14. The Labute approximate surface area is 150 Å². The number of Topliss-reactive ketones (excluding diaryl/α,β-unsaturated/α-hetero) is 1. The average molecular weight is 361 g/mol. The second-order valence-electron chi connectivity index (χ2n) is 5.52. The van der Waals surface area contributed by atoms with Gasteiger partial charge in [-0.05, 0) is 28.8 Å². The molecule has 0 fully saturated rings. The van der Waals surface area contributed by atoms with E-state index in [9.17, 15) is 19.5 Å². The molecular weight excluding hydrogens is 344 g/mol. The van der Waals surface area contributed by atoms with Crippen molar-refractivity contribution in [1.29, 1.82) is 0 Å². The first kappa shape index (κ1) is 18.7. The molecule has 2 aromatic carbocycles. The molecule has 0 bridgehead atoms. The lowest BCUT2D eigenvalue weighted by Crippen LogP contribution is -2.13. The van der Waals surface area contributed by atoms with E-state index in [-0.39, 0.29) is 18.1 Å². The van der Waals surface area contributed by atoms with Crippen LogP contribution in [0.4, 0.5) is 0 Å². The molecule has 0 radical (unpaired) electrons. The minimum absolute atomic E-state index is 0.0474. The van der Waals surface area contributed by atoms with Gasteiger partial charge in [-0.25, -0.2) is 0 Å². The molecule has 1 N–H and O–H groups in total. The van der Waals surface area contributed by atoms with Crippen LogP contribution in [0.15, 0.2) is 48.5 Å². The van der Waals surface area contributed by atoms with Crippen LogP contribution in [-0.4, -0.2) is 28.7 Å². The summed E-state index contributed by atoms with van der Waals surface area (Å²) in [7, 11) is 0. The molecule has 0 saturated carbocycles. The third-order valence-electron chi connectivity index (χ3n) is 3.59. The van der Waals surface area contributed by atoms with Crippen LogP contribution in [0.25, 0.3) is 0 Å². The van der Waals surface area contributed by atoms with Crippen LogP contribution < -0.4 is 4.74 Å². The minimum atomic E-state index is -0.996. The molecule has 0 aromatic heterocycles. The maximum absolute atomic E-state index is 11.7. The van der Waals surface area contributed by atoms with E-state index in [0.29, 0.717) is 16.9 Å². The molecule has 0 spiro atoms. The van der Waals surface area contributed by atoms with E-state index >= 15 is 0 Å². The number of rotatable bonds is 7. The molecule has 130 valence electrons. The van der Waals surface area contributed by atoms with E-state index in [1.807, 2.05) is 0 Å². The largest absolute Gasteiger partial charge is 0.481 e. The number of carboxylic acids is 1. The van der Waals surface area contributed by atoms with Crippen molar-refractivity contribution in [2.24, 2.45) is 0 Å². The van der Waals surface area contributed by atoms with Crippen molar-refractivity contribution in [3.05, 3.63) is 65.2 Å². The maximum atomic E-state index is 11.7. The molecule has 25 heavy (non-hydrogen) atoms. The van der Waals surface area contributed by atoms with Crippen LogP contribution in [-0.2, 0) is 20.8 Å². The average Bonchev–Trinajstić information content (AvgIpc) is 2.57. The van der Waals surface area contributed by atoms with Gasteiger partial charge in [-0.2, -0.15) is 0 Å². The highest BCUT2D eigenvalue weighted by molar-refractivity contribution is 6.27. The zero-order chi connectivity index (χ0) is 18.4. The molecule has 1 atom stereocenters. The number of ether oxygens (including phenoxy) is 1. The van der Waals surface area contributed by atoms with Gasteiger partial charge in [-0.1, -0.05) is 36.4 Å². The number of aliphatic carboxylic acids is 1. The Morgan fingerprint density at radius 2 is 1.52 bits per heavy atom. The Hall–Kier alpha value is -2.66. The number of carbonyl (C=O) groups excluding carboxylic acids is 2. The minimum Gasteiger partial charge on any atom is -0.481 e. The molecular formula is C19H17ClO5. The number of carboxylic acid groups (broad SMARTS) is 1. The Morgan fingerprint density at radius 1 is 1.00 bits per heavy atom. The van der Waals surface area contributed by atoms with Crippen LogP contribution in [0.5, 0.6) is 5.75 Å². The monoisotopic (exact) mass is 360 g/mol. The van der Waals surface area contributed by atoms with E-state index in [4.69, 9.17) is 16.3 Å². The van der Waals surface area contributed by atoms with E-state index < -0.39 is 17.9 Å². The Bertz CT molecular complexity index is 765. The number of ketones is 1. The van der Waals surface area contributed by atoms with Gasteiger partial charge in [-0.3, -0.25) is 14.4 Å². The molecule has 0 aliphatic heterocycles. The van der Waals surface area contributed by atoms with E-state index in [0.717, 1.165) is 5.56 Å². The predicted octanol–water partition coefficient (Wildman–Crippen LogP) is 3.18. The van der Waals surface area contributed by atoms with Crippen molar-refractivity contribution in [3.8, 4) is 5.75 Å². The number of hydrogen-bond acceptors (Lipinski definition) is 4. The second kappa shape index (κ2) is 8.44. The first-order valence-corrected chi connectivity index (χ1v) is 8.12. The van der Waals surface area contributed by atoms with Gasteiger partial charge >= 0.3 is 11.9 Å². The van der Waals surface area contributed by atoms with E-state index in [1.165, 1.54) is 6.92 Å². The van der Waals surface area contributed by atoms with Crippen LogP contribution >= 0.6 is 11.6 Å². The number of hydrogen-bond donors (Lipinski definition) is 1. The first-order chi connectivity index (χ1) is 11.9. The summed E-state index contributed by atoms with van der Waals surface area (Å²) >= 11 is 5.49. The first-order valence-electron chi connectivity index (χ1n) is 7.58. The summed E-state index contributed by atoms with van der Waals surface area (Å²) < 4.78 is 4.95. The van der Waals surface area contributed by atoms with Crippen molar-refractivity contribution in [3.63, 3.8) is 0 Å². The van der Waals surface area contributed by atoms with Crippen LogP contribution in [0.3, 0.4) is 0 Å². The van der Waals surface area contributed by atoms with Gasteiger partial charge in [0.15, 0.2) is 5.78 Å². The van der Waals surface area contributed by atoms with Gasteiger partial charge in [0.05, 0.1) is 5.88 Å². The lowest BCUT2D eigenvalue weighted by molar-refractivity contribution is -0.138. The maximum Gasteiger partial charge on any atom is 0.315 e. The van der Waals surface area contributed by atoms with Crippen LogP contribution in [0, 0.1) is 0 Å². The van der Waals surface area contributed by atoms with Crippen molar-refractivity contribution in [2.45, 2.75) is 19.3 Å². The fourth-order valence-electron chi connectivity index (χ4n) is 2.47. The van der Waals surface area contributed by atoms with E-state index in [1.54, 1.807) is 48.5 Å². The molecule has 0 saturated heterocycles. The number of halogens is 1. The lowest BCUT2D eigenvalue weighted by atomic mass is 9.90. The van der Waals surface area contributed by atoms with Crippen molar-refractivity contribution in [1.82, 2.24) is 0 Å². The van der Waals surface area contributed by atoms with Gasteiger partial charge < -0.3 is 9.84 Å². The number of esters is 1. The zero-order valence-corrected chi connectivity index (χ0v) is 14.3. The van der Waals surface area contributed by atoms with Gasteiger partial charge in [0.2, 0.25) is 0 Å². The molecule has 6 heteroatoms. The normalized spacial score (nSPS) is 11.6. The summed E-state index contributed by atoms with van der Waals surface area (Å²) in [6, 6.07) is 13.2. The molecule has 0 aliphatic carbocycles. The molecule has 5 nitrogen and oxygen atoms in total. The highest BCUT2D eigenvalue weighted by Crippen LogP contribution is 2.27. The third kappa shape index (κ3) is 5.16. The summed E-state index contributed by atoms with van der Waals surface area (Å²) in [5, 5.41) is 9.59. The van der Waals surface area contributed by atoms with Gasteiger partial charge in [0.25, 0.3) is 0 Å². The molecule has 1 unspecified atom stereocenters. The van der Waals surface area contributed by atoms with Crippen LogP contribution in [0.2, 0.25) is 0 Å². The quantitative estimate of drug-likeness (QED) is 0.466. The summed E-state index contributed by atoms with van der Waals surface area (Å²) in [6.07, 6.45) is 0.221. The molecule has 2 aromatic rings. The van der Waals surface area contributed by atoms with Crippen molar-refractivity contribution in [2.75, 3.05) is 5.88 Å². The van der Waals surface area contributed by atoms with Crippen molar-refractivity contribution < 1.29 is 24.2 Å². The Kier molecular flexibility index (Phi) is 6.31. The topological polar surface area (TPSA) is 80.7 Å². The third-order valence-corrected chi connectivity index (χ3v) is 3.88. The summed E-state index contributed by atoms with van der Waals surface area (Å²) in [4.78, 5) is 34.0. The fourth-order valence-corrected chi connectivity index (χ4v) is 2.57. The highest BCUT2D eigenvalue weighted by atomic mass is 35.5. The second-order valence-corrected chi connectivity index (χ2v) is 5.79. The smallest absolute Gasteiger partial charge is 0.315 e. The predicted molar refractivity (Wildman–Crippen MR) is 93.1 cm³/mol. The Morgan fingerprint density at radius 3 is 1.96 bits per heavy atom. The molecule has 0 amide bonds. The summed E-state index contributed by atoms with van der Waals surface area (Å²) in [5.41, 5.74) is 1.94. The highest BCUT2D eigenvalue weighted by Gasteiger charge is 2.22. The van der Waals surface area contributed by atoms with Gasteiger partial charge in [0, 0.05) is 13.3 Å². The van der Waals surface area contributed by atoms with Gasteiger partial charge in [-0.15, -0.1) is 11.6 Å². The fraction of sp³-hybridized carbons (Fsp3) is 0.211.